The van der Waals surface area contributed by atoms with Crippen LogP contribution in [0.1, 0.15) is 61.3 Å². The summed E-state index contributed by atoms with van der Waals surface area (Å²) in [7, 11) is 1.42. The van der Waals surface area contributed by atoms with Gasteiger partial charge in [0.1, 0.15) is 11.6 Å². The number of amides is 2. The number of hydrogen-bond acceptors (Lipinski definition) is 6. The monoisotopic (exact) mass is 387 g/mol. The summed E-state index contributed by atoms with van der Waals surface area (Å²) in [5, 5.41) is 5.42. The smallest absolute Gasteiger partial charge is 0.408 e. The molecular formula is C19H37N3O5. The first-order valence-corrected chi connectivity index (χ1v) is 9.49. The van der Waals surface area contributed by atoms with Crippen LogP contribution in [0.5, 0.6) is 0 Å². The minimum atomic E-state index is -0.783. The van der Waals surface area contributed by atoms with Gasteiger partial charge in [0.15, 0.2) is 5.78 Å². The number of carbonyl (C=O) groups is 3. The van der Waals surface area contributed by atoms with E-state index in [1.54, 1.807) is 20.8 Å². The molecule has 0 aromatic carbocycles. The van der Waals surface area contributed by atoms with Crippen LogP contribution in [0.4, 0.5) is 4.79 Å². The van der Waals surface area contributed by atoms with Gasteiger partial charge in [-0.2, -0.15) is 5.48 Å². The van der Waals surface area contributed by atoms with Crippen LogP contribution in [-0.4, -0.2) is 49.1 Å². The van der Waals surface area contributed by atoms with Gasteiger partial charge in [-0.1, -0.05) is 34.1 Å². The van der Waals surface area contributed by atoms with E-state index in [-0.39, 0.29) is 24.2 Å². The molecule has 3 N–H and O–H groups in total. The van der Waals surface area contributed by atoms with Crippen LogP contribution in [-0.2, 0) is 19.2 Å². The van der Waals surface area contributed by atoms with Crippen molar-refractivity contribution >= 4 is 17.8 Å². The van der Waals surface area contributed by atoms with Gasteiger partial charge in [-0.15, -0.1) is 0 Å². The molecule has 3 atom stereocenters. The summed E-state index contributed by atoms with van der Waals surface area (Å²) < 4.78 is 5.25. The number of ether oxygens (including phenoxy) is 1. The molecule has 0 heterocycles. The molecule has 0 aliphatic carbocycles. The van der Waals surface area contributed by atoms with Crippen molar-refractivity contribution in [3.8, 4) is 0 Å². The molecule has 0 unspecified atom stereocenters. The SMILES string of the molecule is CC[C@@H](C)[C@H](NC(=O)[C@H](CC(C)C)NC(=O)OC(C)(C)C)C(=O)CNOC. The number of ketones is 1. The molecule has 27 heavy (non-hydrogen) atoms. The summed E-state index contributed by atoms with van der Waals surface area (Å²) in [4.78, 5) is 42.0. The van der Waals surface area contributed by atoms with Gasteiger partial charge in [0.25, 0.3) is 0 Å². The van der Waals surface area contributed by atoms with E-state index in [4.69, 9.17) is 9.57 Å². The van der Waals surface area contributed by atoms with Crippen molar-refractivity contribution in [1.82, 2.24) is 16.1 Å². The van der Waals surface area contributed by atoms with Gasteiger partial charge >= 0.3 is 6.09 Å². The van der Waals surface area contributed by atoms with Crippen LogP contribution < -0.4 is 16.1 Å². The summed E-state index contributed by atoms with van der Waals surface area (Å²) in [6, 6.07) is -1.45. The third kappa shape index (κ3) is 10.9. The molecule has 0 aromatic heterocycles. The normalized spacial score (nSPS) is 15.0. The Balaban J connectivity index is 5.20. The molecule has 0 fully saturated rings. The Hall–Kier alpha value is -1.67. The van der Waals surface area contributed by atoms with Crippen LogP contribution >= 0.6 is 0 Å². The number of hydroxylamine groups is 1. The van der Waals surface area contributed by atoms with Crippen LogP contribution in [0.25, 0.3) is 0 Å². The van der Waals surface area contributed by atoms with E-state index in [0.29, 0.717) is 6.42 Å². The average molecular weight is 388 g/mol. The second-order valence-electron chi connectivity index (χ2n) is 8.19. The number of nitrogens with one attached hydrogen (secondary N) is 3. The Bertz CT molecular complexity index is 488. The highest BCUT2D eigenvalue weighted by Crippen LogP contribution is 2.12. The minimum absolute atomic E-state index is 0.0138. The largest absolute Gasteiger partial charge is 0.444 e. The maximum atomic E-state index is 12.8. The number of carbonyl (C=O) groups excluding carboxylic acids is 3. The zero-order valence-electron chi connectivity index (χ0n) is 18.0. The first kappa shape index (κ1) is 25.3. The predicted octanol–water partition coefficient (Wildman–Crippen LogP) is 2.18. The van der Waals surface area contributed by atoms with Crippen molar-refractivity contribution < 1.29 is 24.0 Å². The quantitative estimate of drug-likeness (QED) is 0.469. The first-order valence-electron chi connectivity index (χ1n) is 9.49. The lowest BCUT2D eigenvalue weighted by Crippen LogP contribution is -2.55. The molecule has 0 aromatic rings. The van der Waals surface area contributed by atoms with Gasteiger partial charge in [-0.3, -0.25) is 9.59 Å². The van der Waals surface area contributed by atoms with E-state index < -0.39 is 29.7 Å². The Labute approximate surface area is 163 Å². The van der Waals surface area contributed by atoms with Crippen molar-refractivity contribution in [2.45, 2.75) is 79.0 Å². The van der Waals surface area contributed by atoms with E-state index in [9.17, 15) is 14.4 Å². The fourth-order valence-electron chi connectivity index (χ4n) is 2.44. The fraction of sp³-hybridized carbons (Fsp3) is 0.842. The molecule has 0 aliphatic rings. The van der Waals surface area contributed by atoms with Gasteiger partial charge in [-0.25, -0.2) is 4.79 Å². The highest BCUT2D eigenvalue weighted by molar-refractivity contribution is 5.93. The molecule has 0 spiro atoms. The number of alkyl carbamates (subject to hydrolysis) is 1. The lowest BCUT2D eigenvalue weighted by Gasteiger charge is -2.28. The Morgan fingerprint density at radius 3 is 2.07 bits per heavy atom. The molecule has 158 valence electrons. The minimum Gasteiger partial charge on any atom is -0.444 e. The van der Waals surface area contributed by atoms with Gasteiger partial charge in [0, 0.05) is 0 Å². The highest BCUT2D eigenvalue weighted by Gasteiger charge is 2.30. The first-order chi connectivity index (χ1) is 12.4. The number of rotatable bonds is 11. The van der Waals surface area contributed by atoms with Crippen LogP contribution in [0.15, 0.2) is 0 Å². The Morgan fingerprint density at radius 1 is 1.04 bits per heavy atom. The summed E-state index contributed by atoms with van der Waals surface area (Å²) in [5.41, 5.74) is 1.85. The summed E-state index contributed by atoms with van der Waals surface area (Å²) >= 11 is 0. The van der Waals surface area contributed by atoms with Crippen molar-refractivity contribution in [1.29, 1.82) is 0 Å². The van der Waals surface area contributed by atoms with E-state index >= 15 is 0 Å². The third-order valence-electron chi connectivity index (χ3n) is 3.96. The topological polar surface area (TPSA) is 106 Å². The Morgan fingerprint density at radius 2 is 1.63 bits per heavy atom. The van der Waals surface area contributed by atoms with Crippen LogP contribution in [0, 0.1) is 11.8 Å². The second kappa shape index (κ2) is 11.9. The maximum Gasteiger partial charge on any atom is 0.408 e. The molecule has 0 rings (SSSR count). The van der Waals surface area contributed by atoms with Crippen LogP contribution in [0.2, 0.25) is 0 Å². The molecule has 0 bridgehead atoms. The number of hydrogen-bond donors (Lipinski definition) is 3. The summed E-state index contributed by atoms with van der Waals surface area (Å²) in [6.07, 6.45) is 0.497. The molecule has 2 amide bonds. The van der Waals surface area contributed by atoms with Crippen LogP contribution in [0.3, 0.4) is 0 Å². The Kier molecular flexibility index (Phi) is 11.2. The van der Waals surface area contributed by atoms with Gasteiger partial charge in [-0.05, 0) is 39.0 Å². The second-order valence-corrected chi connectivity index (χ2v) is 8.19. The average Bonchev–Trinajstić information content (AvgIpc) is 2.53. The van der Waals surface area contributed by atoms with E-state index in [2.05, 4.69) is 16.1 Å². The lowest BCUT2D eigenvalue weighted by molar-refractivity contribution is -0.131. The zero-order valence-corrected chi connectivity index (χ0v) is 18.0. The third-order valence-corrected chi connectivity index (χ3v) is 3.96. The lowest BCUT2D eigenvalue weighted by atomic mass is 9.94. The molecule has 0 saturated carbocycles. The standard InChI is InChI=1S/C19H37N3O5/c1-9-13(4)16(15(23)11-20-26-8)22-17(24)14(10-12(2)3)21-18(25)27-19(5,6)7/h12-14,16,20H,9-11H2,1-8H3,(H,21,25)(H,22,24)/t13-,14+,16+/m1/s1. The van der Waals surface area contributed by atoms with Crippen molar-refractivity contribution in [3.05, 3.63) is 0 Å². The molecule has 0 aliphatic heterocycles. The highest BCUT2D eigenvalue weighted by atomic mass is 16.6. The summed E-state index contributed by atoms with van der Waals surface area (Å²) in [5.74, 6) is -0.462. The molecular weight excluding hydrogens is 350 g/mol. The maximum absolute atomic E-state index is 12.8. The van der Waals surface area contributed by atoms with Crippen molar-refractivity contribution in [2.75, 3.05) is 13.7 Å². The van der Waals surface area contributed by atoms with E-state index in [1.165, 1.54) is 7.11 Å². The van der Waals surface area contributed by atoms with E-state index in [1.807, 2.05) is 27.7 Å². The van der Waals surface area contributed by atoms with Gasteiger partial charge < -0.3 is 20.2 Å². The molecule has 0 saturated heterocycles. The van der Waals surface area contributed by atoms with Gasteiger partial charge in [0.2, 0.25) is 5.91 Å². The molecule has 0 radical (unpaired) electrons. The zero-order chi connectivity index (χ0) is 21.2. The summed E-state index contributed by atoms with van der Waals surface area (Å²) in [6.45, 7) is 13.0. The predicted molar refractivity (Wildman–Crippen MR) is 104 cm³/mol. The van der Waals surface area contributed by atoms with Gasteiger partial charge in [0.05, 0.1) is 19.7 Å². The molecule has 8 heteroatoms. The van der Waals surface area contributed by atoms with E-state index in [0.717, 1.165) is 6.42 Å². The van der Waals surface area contributed by atoms with Crippen molar-refractivity contribution in [3.63, 3.8) is 0 Å². The fourth-order valence-corrected chi connectivity index (χ4v) is 2.44. The molecule has 8 nitrogen and oxygen atoms in total. The van der Waals surface area contributed by atoms with Crippen molar-refractivity contribution in [2.24, 2.45) is 11.8 Å². The number of Topliss-reactive ketones (excluding diaryl/α,β-unsaturated/α-hetero) is 1.